The van der Waals surface area contributed by atoms with Gasteiger partial charge < -0.3 is 14.4 Å². The highest BCUT2D eigenvalue weighted by Gasteiger charge is 2.27. The van der Waals surface area contributed by atoms with Crippen molar-refractivity contribution in [1.29, 1.82) is 0 Å². The van der Waals surface area contributed by atoms with Crippen molar-refractivity contribution < 1.29 is 18.7 Å². The van der Waals surface area contributed by atoms with Gasteiger partial charge in [-0.1, -0.05) is 34.6 Å². The standard InChI is InChI=1S/C15H19FN2O3.2C2H6/c1-11-9-18(15(19)21-10-11)12-2-3-14(13(16)8-12)17-4-6-20-7-5-17;2*1-2/h2-3,8,11H,4-7,9-10H2,1H3;2*1-2H3/t11-;;/m0../s1. The van der Waals surface area contributed by atoms with E-state index >= 15 is 0 Å². The number of morpholine rings is 1. The zero-order chi connectivity index (χ0) is 18.8. The summed E-state index contributed by atoms with van der Waals surface area (Å²) in [5, 5.41) is 0. The van der Waals surface area contributed by atoms with Crippen LogP contribution in [0.1, 0.15) is 34.6 Å². The number of rotatable bonds is 2. The lowest BCUT2D eigenvalue weighted by Crippen LogP contribution is -2.42. The highest BCUT2D eigenvalue weighted by atomic mass is 19.1. The third-order valence-corrected chi connectivity index (χ3v) is 3.80. The molecule has 0 unspecified atom stereocenters. The predicted octanol–water partition coefficient (Wildman–Crippen LogP) is 4.31. The van der Waals surface area contributed by atoms with E-state index in [0.29, 0.717) is 50.8 Å². The van der Waals surface area contributed by atoms with Crippen molar-refractivity contribution in [3.63, 3.8) is 0 Å². The molecule has 0 saturated carbocycles. The molecule has 6 heteroatoms. The van der Waals surface area contributed by atoms with Crippen molar-refractivity contribution in [2.24, 2.45) is 5.92 Å². The fourth-order valence-electron chi connectivity index (χ4n) is 2.67. The Morgan fingerprint density at radius 1 is 1.12 bits per heavy atom. The largest absolute Gasteiger partial charge is 0.449 e. The van der Waals surface area contributed by atoms with E-state index in [0.717, 1.165) is 0 Å². The van der Waals surface area contributed by atoms with Gasteiger partial charge in [0.1, 0.15) is 5.82 Å². The molecule has 1 aromatic rings. The first-order chi connectivity index (χ1) is 12.1. The van der Waals surface area contributed by atoms with Crippen LogP contribution < -0.4 is 9.80 Å². The molecule has 2 aliphatic rings. The van der Waals surface area contributed by atoms with Gasteiger partial charge in [0.05, 0.1) is 31.2 Å². The van der Waals surface area contributed by atoms with Crippen molar-refractivity contribution in [2.45, 2.75) is 34.6 Å². The summed E-state index contributed by atoms with van der Waals surface area (Å²) in [6, 6.07) is 4.90. The topological polar surface area (TPSA) is 42.0 Å². The van der Waals surface area contributed by atoms with E-state index in [9.17, 15) is 9.18 Å². The van der Waals surface area contributed by atoms with E-state index in [4.69, 9.17) is 9.47 Å². The summed E-state index contributed by atoms with van der Waals surface area (Å²) < 4.78 is 24.7. The molecule has 0 aromatic heterocycles. The summed E-state index contributed by atoms with van der Waals surface area (Å²) in [5.74, 6) is -0.0786. The van der Waals surface area contributed by atoms with Gasteiger partial charge in [0.15, 0.2) is 0 Å². The average Bonchev–Trinajstić information content (AvgIpc) is 2.67. The molecule has 0 bridgehead atoms. The number of carbonyl (C=O) groups is 1. The van der Waals surface area contributed by atoms with Crippen molar-refractivity contribution in [3.8, 4) is 0 Å². The molecule has 1 aromatic carbocycles. The molecule has 25 heavy (non-hydrogen) atoms. The zero-order valence-corrected chi connectivity index (χ0v) is 16.0. The first-order valence-corrected chi connectivity index (χ1v) is 9.21. The number of cyclic esters (lactones) is 1. The Balaban J connectivity index is 0.000000730. The average molecular weight is 354 g/mol. The minimum absolute atomic E-state index is 0.240. The summed E-state index contributed by atoms with van der Waals surface area (Å²) in [5.41, 5.74) is 1.10. The molecular formula is C19H31FN2O3. The number of hydrogen-bond acceptors (Lipinski definition) is 4. The number of amides is 1. The summed E-state index contributed by atoms with van der Waals surface area (Å²) >= 11 is 0. The Morgan fingerprint density at radius 3 is 2.36 bits per heavy atom. The van der Waals surface area contributed by atoms with Crippen LogP contribution in [-0.2, 0) is 9.47 Å². The van der Waals surface area contributed by atoms with Crippen LogP contribution in [0.4, 0.5) is 20.6 Å². The van der Waals surface area contributed by atoms with Gasteiger partial charge >= 0.3 is 6.09 Å². The van der Waals surface area contributed by atoms with Crippen LogP contribution >= 0.6 is 0 Å². The molecule has 2 saturated heterocycles. The van der Waals surface area contributed by atoms with Gasteiger partial charge in [-0.2, -0.15) is 0 Å². The highest BCUT2D eigenvalue weighted by molar-refractivity contribution is 5.88. The lowest BCUT2D eigenvalue weighted by atomic mass is 10.1. The van der Waals surface area contributed by atoms with Gasteiger partial charge in [0.2, 0.25) is 0 Å². The van der Waals surface area contributed by atoms with E-state index in [-0.39, 0.29) is 11.7 Å². The van der Waals surface area contributed by atoms with Crippen molar-refractivity contribution >= 4 is 17.5 Å². The number of hydrogen-bond donors (Lipinski definition) is 0. The fourth-order valence-corrected chi connectivity index (χ4v) is 2.67. The van der Waals surface area contributed by atoms with Crippen LogP contribution in [0.5, 0.6) is 0 Å². The molecule has 2 aliphatic heterocycles. The molecule has 0 aliphatic carbocycles. The molecule has 0 spiro atoms. The van der Waals surface area contributed by atoms with Gasteiger partial charge in [-0.25, -0.2) is 9.18 Å². The smallest absolute Gasteiger partial charge is 0.414 e. The first-order valence-electron chi connectivity index (χ1n) is 9.21. The van der Waals surface area contributed by atoms with Gasteiger partial charge in [0.25, 0.3) is 0 Å². The fraction of sp³-hybridized carbons (Fsp3) is 0.632. The maximum absolute atomic E-state index is 14.4. The summed E-state index contributed by atoms with van der Waals surface area (Å²) in [6.45, 7) is 13.5. The minimum atomic E-state index is -0.411. The second kappa shape index (κ2) is 10.9. The molecule has 1 atom stereocenters. The maximum Gasteiger partial charge on any atom is 0.414 e. The molecule has 5 nitrogen and oxygen atoms in total. The third-order valence-electron chi connectivity index (χ3n) is 3.80. The lowest BCUT2D eigenvalue weighted by Gasteiger charge is -2.32. The monoisotopic (exact) mass is 354 g/mol. The SMILES string of the molecule is CC.CC.C[C@@H]1COC(=O)N(c2ccc(N3CCOCC3)c(F)c2)C1. The third kappa shape index (κ3) is 5.59. The van der Waals surface area contributed by atoms with E-state index < -0.39 is 6.09 Å². The number of halogens is 1. The minimum Gasteiger partial charge on any atom is -0.449 e. The van der Waals surface area contributed by atoms with Crippen molar-refractivity contribution in [1.82, 2.24) is 0 Å². The Labute approximate surface area is 150 Å². The van der Waals surface area contributed by atoms with Crippen LogP contribution in [-0.4, -0.2) is 45.5 Å². The summed E-state index contributed by atoms with van der Waals surface area (Å²) in [6.07, 6.45) is -0.411. The number of benzene rings is 1. The molecule has 0 radical (unpaired) electrons. The number of nitrogens with zero attached hydrogens (tertiary/aromatic N) is 2. The predicted molar refractivity (Wildman–Crippen MR) is 100.0 cm³/mol. The van der Waals surface area contributed by atoms with Crippen LogP contribution in [0.3, 0.4) is 0 Å². The molecular weight excluding hydrogens is 323 g/mol. The maximum atomic E-state index is 14.4. The van der Waals surface area contributed by atoms with Crippen molar-refractivity contribution in [3.05, 3.63) is 24.0 Å². The van der Waals surface area contributed by atoms with Gasteiger partial charge in [0, 0.05) is 25.6 Å². The number of ether oxygens (including phenoxy) is 2. The van der Waals surface area contributed by atoms with E-state index in [1.807, 2.05) is 39.5 Å². The molecule has 0 N–H and O–H groups in total. The zero-order valence-electron chi connectivity index (χ0n) is 16.0. The normalized spacial score (nSPS) is 19.9. The first kappa shape index (κ1) is 21.2. The Kier molecular flexibility index (Phi) is 9.27. The van der Waals surface area contributed by atoms with Crippen LogP contribution in [0.2, 0.25) is 0 Å². The second-order valence-corrected chi connectivity index (χ2v) is 5.53. The van der Waals surface area contributed by atoms with E-state index in [1.165, 1.54) is 11.0 Å². The Bertz CT molecular complexity index is 533. The van der Waals surface area contributed by atoms with E-state index in [1.54, 1.807) is 12.1 Å². The quantitative estimate of drug-likeness (QED) is 0.794. The van der Waals surface area contributed by atoms with Crippen molar-refractivity contribution in [2.75, 3.05) is 49.3 Å². The Morgan fingerprint density at radius 2 is 1.76 bits per heavy atom. The molecule has 2 heterocycles. The van der Waals surface area contributed by atoms with Gasteiger partial charge in [-0.05, 0) is 18.2 Å². The summed E-state index contributed by atoms with van der Waals surface area (Å²) in [4.78, 5) is 15.2. The van der Waals surface area contributed by atoms with E-state index in [2.05, 4.69) is 0 Å². The highest BCUT2D eigenvalue weighted by Crippen LogP contribution is 2.27. The summed E-state index contributed by atoms with van der Waals surface area (Å²) in [7, 11) is 0. The van der Waals surface area contributed by atoms with Crippen LogP contribution in [0.15, 0.2) is 18.2 Å². The van der Waals surface area contributed by atoms with Gasteiger partial charge in [-0.15, -0.1) is 0 Å². The molecule has 2 fully saturated rings. The van der Waals surface area contributed by atoms with Gasteiger partial charge in [-0.3, -0.25) is 4.90 Å². The molecule has 142 valence electrons. The molecule has 1 amide bonds. The number of anilines is 2. The van der Waals surface area contributed by atoms with Crippen LogP contribution in [0, 0.1) is 11.7 Å². The molecule has 3 rings (SSSR count). The van der Waals surface area contributed by atoms with Crippen LogP contribution in [0.25, 0.3) is 0 Å². The Hall–Kier alpha value is -1.82. The number of carbonyl (C=O) groups excluding carboxylic acids is 1. The second-order valence-electron chi connectivity index (χ2n) is 5.53. The lowest BCUT2D eigenvalue weighted by molar-refractivity contribution is 0.119.